The van der Waals surface area contributed by atoms with Gasteiger partial charge in [-0.1, -0.05) is 19.3 Å². The molecule has 1 fully saturated rings. The molecule has 0 amide bonds. The number of carbonyl (C=O) groups is 2. The van der Waals surface area contributed by atoms with Crippen LogP contribution in [0.5, 0.6) is 0 Å². The van der Waals surface area contributed by atoms with Crippen LogP contribution >= 0.6 is 0 Å². The van der Waals surface area contributed by atoms with Gasteiger partial charge in [0.1, 0.15) is 6.29 Å². The molecule has 1 aliphatic heterocycles. The molecule has 20 heavy (non-hydrogen) atoms. The molecule has 0 spiro atoms. The SMILES string of the molecule is CC(OC(=O)CCCCCCCC=O)N1CCOCC1. The molecule has 0 saturated carbocycles. The zero-order valence-corrected chi connectivity index (χ0v) is 12.5. The van der Waals surface area contributed by atoms with E-state index in [2.05, 4.69) is 4.90 Å². The lowest BCUT2D eigenvalue weighted by Gasteiger charge is -2.31. The van der Waals surface area contributed by atoms with Crippen molar-refractivity contribution in [2.45, 2.75) is 58.1 Å². The second-order valence-corrected chi connectivity index (χ2v) is 5.21. The van der Waals surface area contributed by atoms with E-state index in [0.29, 0.717) is 26.1 Å². The van der Waals surface area contributed by atoms with Gasteiger partial charge in [0.2, 0.25) is 0 Å². The molecule has 1 atom stereocenters. The predicted octanol–water partition coefficient (Wildman–Crippen LogP) is 2.14. The van der Waals surface area contributed by atoms with Gasteiger partial charge in [-0.05, 0) is 19.8 Å². The number of rotatable bonds is 10. The van der Waals surface area contributed by atoms with E-state index in [0.717, 1.165) is 51.5 Å². The Morgan fingerprint density at radius 3 is 2.55 bits per heavy atom. The molecule has 0 aromatic carbocycles. The van der Waals surface area contributed by atoms with Crippen molar-refractivity contribution in [2.75, 3.05) is 26.3 Å². The van der Waals surface area contributed by atoms with Crippen LogP contribution in [0, 0.1) is 0 Å². The molecule has 1 aliphatic rings. The van der Waals surface area contributed by atoms with Crippen molar-refractivity contribution >= 4 is 12.3 Å². The molecule has 0 aromatic heterocycles. The number of carbonyl (C=O) groups excluding carboxylic acids is 2. The maximum atomic E-state index is 11.7. The molecule has 0 bridgehead atoms. The molecule has 1 saturated heterocycles. The van der Waals surface area contributed by atoms with Crippen LogP contribution < -0.4 is 0 Å². The first-order chi connectivity index (χ1) is 9.74. The lowest BCUT2D eigenvalue weighted by Crippen LogP contribution is -2.44. The van der Waals surface area contributed by atoms with Gasteiger partial charge in [-0.25, -0.2) is 0 Å². The zero-order valence-electron chi connectivity index (χ0n) is 12.5. The normalized spacial score (nSPS) is 17.6. The van der Waals surface area contributed by atoms with Gasteiger partial charge in [0.25, 0.3) is 0 Å². The Balaban J connectivity index is 2.00. The van der Waals surface area contributed by atoms with Crippen molar-refractivity contribution in [1.82, 2.24) is 4.90 Å². The van der Waals surface area contributed by atoms with Crippen LogP contribution in [-0.4, -0.2) is 49.7 Å². The molecule has 0 N–H and O–H groups in total. The third-order valence-electron chi connectivity index (χ3n) is 3.56. The summed E-state index contributed by atoms with van der Waals surface area (Å²) in [6.45, 7) is 4.99. The van der Waals surface area contributed by atoms with E-state index in [4.69, 9.17) is 9.47 Å². The van der Waals surface area contributed by atoms with E-state index in [9.17, 15) is 9.59 Å². The molecule has 0 aromatic rings. The summed E-state index contributed by atoms with van der Waals surface area (Å²) in [6, 6.07) is 0. The summed E-state index contributed by atoms with van der Waals surface area (Å²) in [7, 11) is 0. The number of unbranched alkanes of at least 4 members (excludes halogenated alkanes) is 5. The Kier molecular flexibility index (Phi) is 9.24. The monoisotopic (exact) mass is 285 g/mol. The smallest absolute Gasteiger partial charge is 0.307 e. The maximum absolute atomic E-state index is 11.7. The Labute approximate surface area is 121 Å². The Morgan fingerprint density at radius 2 is 1.85 bits per heavy atom. The minimum Gasteiger partial charge on any atom is -0.447 e. The summed E-state index contributed by atoms with van der Waals surface area (Å²) >= 11 is 0. The van der Waals surface area contributed by atoms with Crippen LogP contribution in [0.3, 0.4) is 0 Å². The van der Waals surface area contributed by atoms with Gasteiger partial charge in [-0.15, -0.1) is 0 Å². The van der Waals surface area contributed by atoms with Crippen molar-refractivity contribution < 1.29 is 19.1 Å². The third-order valence-corrected chi connectivity index (χ3v) is 3.56. The first-order valence-electron chi connectivity index (χ1n) is 7.69. The second kappa shape index (κ2) is 10.8. The van der Waals surface area contributed by atoms with Gasteiger partial charge >= 0.3 is 5.97 Å². The Morgan fingerprint density at radius 1 is 1.20 bits per heavy atom. The number of hydrogen-bond acceptors (Lipinski definition) is 5. The molecule has 116 valence electrons. The highest BCUT2D eigenvalue weighted by atomic mass is 16.6. The molecular formula is C15H27NO4. The van der Waals surface area contributed by atoms with Gasteiger partial charge in [0.15, 0.2) is 6.23 Å². The van der Waals surface area contributed by atoms with Crippen LogP contribution in [0.4, 0.5) is 0 Å². The van der Waals surface area contributed by atoms with Gasteiger partial charge in [-0.3, -0.25) is 9.69 Å². The van der Waals surface area contributed by atoms with Crippen LogP contribution in [-0.2, 0) is 19.1 Å². The summed E-state index contributed by atoms with van der Waals surface area (Å²) in [5.74, 6) is -0.114. The summed E-state index contributed by atoms with van der Waals surface area (Å²) in [5, 5.41) is 0. The fourth-order valence-corrected chi connectivity index (χ4v) is 2.29. The number of nitrogens with zero attached hydrogens (tertiary/aromatic N) is 1. The molecule has 0 aliphatic carbocycles. The van der Waals surface area contributed by atoms with Crippen molar-refractivity contribution in [1.29, 1.82) is 0 Å². The number of esters is 1. The van der Waals surface area contributed by atoms with E-state index in [1.165, 1.54) is 0 Å². The van der Waals surface area contributed by atoms with E-state index in [1.807, 2.05) is 6.92 Å². The quantitative estimate of drug-likeness (QED) is 0.350. The highest BCUT2D eigenvalue weighted by molar-refractivity contribution is 5.69. The van der Waals surface area contributed by atoms with Gasteiger partial charge in [0.05, 0.1) is 13.2 Å². The average molecular weight is 285 g/mol. The topological polar surface area (TPSA) is 55.8 Å². The number of aldehydes is 1. The molecule has 5 nitrogen and oxygen atoms in total. The summed E-state index contributed by atoms with van der Waals surface area (Å²) in [6.07, 6.45) is 6.96. The molecular weight excluding hydrogens is 258 g/mol. The summed E-state index contributed by atoms with van der Waals surface area (Å²) < 4.78 is 10.7. The van der Waals surface area contributed by atoms with Crippen molar-refractivity contribution in [3.05, 3.63) is 0 Å². The van der Waals surface area contributed by atoms with E-state index in [-0.39, 0.29) is 12.2 Å². The molecule has 1 unspecified atom stereocenters. The molecule has 0 radical (unpaired) electrons. The van der Waals surface area contributed by atoms with E-state index >= 15 is 0 Å². The van der Waals surface area contributed by atoms with E-state index in [1.54, 1.807) is 0 Å². The minimum atomic E-state index is -0.154. The predicted molar refractivity (Wildman–Crippen MR) is 76.3 cm³/mol. The van der Waals surface area contributed by atoms with Gasteiger partial charge < -0.3 is 14.3 Å². The zero-order chi connectivity index (χ0) is 14.6. The highest BCUT2D eigenvalue weighted by Gasteiger charge is 2.19. The summed E-state index contributed by atoms with van der Waals surface area (Å²) in [4.78, 5) is 24.0. The average Bonchev–Trinajstić information content (AvgIpc) is 2.47. The Bertz CT molecular complexity index is 277. The summed E-state index contributed by atoms with van der Waals surface area (Å²) in [5.41, 5.74) is 0. The number of ether oxygens (including phenoxy) is 2. The minimum absolute atomic E-state index is 0.114. The molecule has 5 heteroatoms. The van der Waals surface area contributed by atoms with Crippen molar-refractivity contribution in [3.63, 3.8) is 0 Å². The molecule has 1 rings (SSSR count). The first-order valence-corrected chi connectivity index (χ1v) is 7.69. The van der Waals surface area contributed by atoms with Crippen LogP contribution in [0.2, 0.25) is 0 Å². The third kappa shape index (κ3) is 7.60. The number of morpholine rings is 1. The van der Waals surface area contributed by atoms with Crippen LogP contribution in [0.25, 0.3) is 0 Å². The lowest BCUT2D eigenvalue weighted by molar-refractivity contribution is -0.161. The standard InChI is InChI=1S/C15H27NO4/c1-14(16-9-12-19-13-10-16)20-15(18)8-6-4-2-3-5-7-11-17/h11,14H,2-10,12-13H2,1H3. The fourth-order valence-electron chi connectivity index (χ4n) is 2.29. The highest BCUT2D eigenvalue weighted by Crippen LogP contribution is 2.10. The largest absolute Gasteiger partial charge is 0.447 e. The van der Waals surface area contributed by atoms with Gasteiger partial charge in [-0.2, -0.15) is 0 Å². The lowest BCUT2D eigenvalue weighted by atomic mass is 10.1. The second-order valence-electron chi connectivity index (χ2n) is 5.21. The Hall–Kier alpha value is -0.940. The van der Waals surface area contributed by atoms with Gasteiger partial charge in [0, 0.05) is 25.9 Å². The van der Waals surface area contributed by atoms with E-state index < -0.39 is 0 Å². The van der Waals surface area contributed by atoms with Crippen molar-refractivity contribution in [2.24, 2.45) is 0 Å². The fraction of sp³-hybridized carbons (Fsp3) is 0.867. The first kappa shape index (κ1) is 17.1. The van der Waals surface area contributed by atoms with Crippen molar-refractivity contribution in [3.8, 4) is 0 Å². The molecule has 1 heterocycles. The number of hydrogen-bond donors (Lipinski definition) is 0. The van der Waals surface area contributed by atoms with Crippen LogP contribution in [0.1, 0.15) is 51.9 Å². The maximum Gasteiger partial charge on any atom is 0.307 e. The van der Waals surface area contributed by atoms with Crippen LogP contribution in [0.15, 0.2) is 0 Å².